The Morgan fingerprint density at radius 3 is 2.67 bits per heavy atom. The van der Waals surface area contributed by atoms with Crippen molar-refractivity contribution in [2.24, 2.45) is 0 Å². The maximum absolute atomic E-state index is 11.4. The van der Waals surface area contributed by atoms with Crippen LogP contribution in [0.2, 0.25) is 0 Å². The van der Waals surface area contributed by atoms with Gasteiger partial charge in [-0.3, -0.25) is 0 Å². The van der Waals surface area contributed by atoms with Crippen LogP contribution < -0.4 is 9.47 Å². The van der Waals surface area contributed by atoms with E-state index >= 15 is 0 Å². The number of aliphatic hydroxyl groups excluding tert-OH is 2. The molecule has 0 heterocycles. The van der Waals surface area contributed by atoms with Crippen molar-refractivity contribution in [1.82, 2.24) is 0 Å². The molecule has 1 rings (SSSR count). The number of unbranched alkanes of at least 4 members (excludes halogenated alkanes) is 3. The molecule has 0 bridgehead atoms. The van der Waals surface area contributed by atoms with Crippen LogP contribution in [0.25, 0.3) is 0 Å². The molecule has 0 aliphatic heterocycles. The first kappa shape index (κ1) is 17.3. The molecule has 0 saturated carbocycles. The molecule has 0 fully saturated rings. The van der Waals surface area contributed by atoms with Crippen molar-refractivity contribution in [3.05, 3.63) is 18.2 Å². The van der Waals surface area contributed by atoms with Gasteiger partial charge in [0.2, 0.25) is 0 Å². The fraction of sp³-hybridized carbons (Fsp3) is 0.533. The van der Waals surface area contributed by atoms with Crippen LogP contribution in [0.4, 0.5) is 0 Å². The lowest BCUT2D eigenvalue weighted by Crippen LogP contribution is -2.28. The van der Waals surface area contributed by atoms with E-state index in [4.69, 9.17) is 14.6 Å². The Morgan fingerprint density at radius 1 is 1.24 bits per heavy atom. The number of phenolic OH excluding ortho intramolecular Hbond substituents is 1. The molecule has 0 aliphatic rings. The normalized spacial score (nSPS) is 12.0. The summed E-state index contributed by atoms with van der Waals surface area (Å²) in [6.07, 6.45) is 2.53. The molecule has 0 spiro atoms. The van der Waals surface area contributed by atoms with Crippen LogP contribution >= 0.6 is 0 Å². The predicted octanol–water partition coefficient (Wildman–Crippen LogP) is 1.61. The Kier molecular flexibility index (Phi) is 7.56. The van der Waals surface area contributed by atoms with Gasteiger partial charge in [-0.15, -0.1) is 0 Å². The van der Waals surface area contributed by atoms with Crippen molar-refractivity contribution in [2.45, 2.75) is 38.7 Å². The first-order valence-corrected chi connectivity index (χ1v) is 7.05. The zero-order valence-electron chi connectivity index (χ0n) is 12.1. The van der Waals surface area contributed by atoms with Crippen LogP contribution in [0.1, 0.15) is 32.6 Å². The number of ether oxygens (including phenoxy) is 2. The van der Waals surface area contributed by atoms with Gasteiger partial charge in [-0.2, -0.15) is 0 Å². The Labute approximate surface area is 123 Å². The van der Waals surface area contributed by atoms with Crippen molar-refractivity contribution in [2.75, 3.05) is 13.2 Å². The summed E-state index contributed by atoms with van der Waals surface area (Å²) >= 11 is 0. The lowest BCUT2D eigenvalue weighted by atomic mass is 10.2. The van der Waals surface area contributed by atoms with Crippen molar-refractivity contribution >= 4 is 5.97 Å². The first-order valence-electron chi connectivity index (χ1n) is 7.05. The zero-order chi connectivity index (χ0) is 15.7. The number of esters is 1. The van der Waals surface area contributed by atoms with Crippen LogP contribution in [0, 0.1) is 0 Å². The molecule has 0 aliphatic carbocycles. The molecule has 1 unspecified atom stereocenters. The molecule has 6 heteroatoms. The molecule has 1 aromatic carbocycles. The highest BCUT2D eigenvalue weighted by atomic mass is 16.6. The average Bonchev–Trinajstić information content (AvgIpc) is 2.48. The number of phenols is 1. The van der Waals surface area contributed by atoms with Gasteiger partial charge in [0, 0.05) is 6.07 Å². The Morgan fingerprint density at radius 2 is 2.00 bits per heavy atom. The van der Waals surface area contributed by atoms with Crippen LogP contribution in [-0.4, -0.2) is 40.6 Å². The second-order valence-corrected chi connectivity index (χ2v) is 4.66. The molecule has 0 saturated heterocycles. The molecular formula is C15H22O6. The molecule has 6 nitrogen and oxygen atoms in total. The minimum Gasteiger partial charge on any atom is -0.508 e. The number of hydrogen-bond donors (Lipinski definition) is 3. The summed E-state index contributed by atoms with van der Waals surface area (Å²) in [5, 5.41) is 27.3. The lowest BCUT2D eigenvalue weighted by Gasteiger charge is -2.13. The highest BCUT2D eigenvalue weighted by Gasteiger charge is 2.18. The van der Waals surface area contributed by atoms with Crippen molar-refractivity contribution in [3.8, 4) is 17.2 Å². The zero-order valence-corrected chi connectivity index (χ0v) is 12.1. The van der Waals surface area contributed by atoms with Gasteiger partial charge in [-0.25, -0.2) is 4.79 Å². The van der Waals surface area contributed by atoms with Crippen molar-refractivity contribution in [3.63, 3.8) is 0 Å². The minimum atomic E-state index is -1.60. The summed E-state index contributed by atoms with van der Waals surface area (Å²) in [5.41, 5.74) is 0. The van der Waals surface area contributed by atoms with Gasteiger partial charge in [0.15, 0.2) is 17.6 Å². The summed E-state index contributed by atoms with van der Waals surface area (Å²) in [6, 6.07) is 4.06. The number of aliphatic hydroxyl groups is 2. The maximum atomic E-state index is 11.4. The summed E-state index contributed by atoms with van der Waals surface area (Å²) in [6.45, 7) is 1.83. The largest absolute Gasteiger partial charge is 0.508 e. The van der Waals surface area contributed by atoms with E-state index in [0.717, 1.165) is 25.7 Å². The van der Waals surface area contributed by atoms with Crippen molar-refractivity contribution in [1.29, 1.82) is 0 Å². The van der Waals surface area contributed by atoms with E-state index in [1.807, 2.05) is 0 Å². The number of hydrogen-bond acceptors (Lipinski definition) is 6. The Balaban J connectivity index is 2.64. The molecule has 0 amide bonds. The molecule has 118 valence electrons. The first-order chi connectivity index (χ1) is 10.1. The van der Waals surface area contributed by atoms with E-state index < -0.39 is 18.7 Å². The molecule has 0 aromatic heterocycles. The molecule has 3 N–H and O–H groups in total. The van der Waals surface area contributed by atoms with Crippen LogP contribution in [0.15, 0.2) is 18.2 Å². The van der Waals surface area contributed by atoms with E-state index in [2.05, 4.69) is 6.92 Å². The third kappa shape index (κ3) is 6.01. The molecule has 21 heavy (non-hydrogen) atoms. The van der Waals surface area contributed by atoms with E-state index in [1.165, 1.54) is 18.2 Å². The summed E-state index contributed by atoms with van der Waals surface area (Å²) in [5.74, 6) is -0.661. The smallest absolute Gasteiger partial charge is 0.342 e. The van der Waals surface area contributed by atoms with E-state index in [0.29, 0.717) is 6.61 Å². The van der Waals surface area contributed by atoms with Crippen LogP contribution in [0.3, 0.4) is 0 Å². The van der Waals surface area contributed by atoms with Crippen LogP contribution in [-0.2, 0) is 4.79 Å². The third-order valence-electron chi connectivity index (χ3n) is 2.84. The van der Waals surface area contributed by atoms with Gasteiger partial charge in [0.25, 0.3) is 0 Å². The average molecular weight is 298 g/mol. The maximum Gasteiger partial charge on any atom is 0.342 e. The van der Waals surface area contributed by atoms with Gasteiger partial charge in [-0.05, 0) is 18.6 Å². The fourth-order valence-corrected chi connectivity index (χ4v) is 1.66. The second kappa shape index (κ2) is 9.20. The standard InChI is InChI=1S/C15H22O6/c1-2-3-4-5-8-20-14-9-11(17)6-7-13(14)21-15(19)12(18)10-16/h6-7,9,12,16-18H,2-5,8,10H2,1H3. The highest BCUT2D eigenvalue weighted by Crippen LogP contribution is 2.31. The predicted molar refractivity (Wildman–Crippen MR) is 76.5 cm³/mol. The fourth-order valence-electron chi connectivity index (χ4n) is 1.66. The summed E-state index contributed by atoms with van der Waals surface area (Å²) in [7, 11) is 0. The number of carbonyl (C=O) groups is 1. The number of carbonyl (C=O) groups excluding carboxylic acids is 1. The quantitative estimate of drug-likeness (QED) is 0.364. The van der Waals surface area contributed by atoms with Gasteiger partial charge in [0.05, 0.1) is 13.2 Å². The SMILES string of the molecule is CCCCCCOc1cc(O)ccc1OC(=O)C(O)CO. The summed E-state index contributed by atoms with van der Waals surface area (Å²) in [4.78, 5) is 11.4. The molecular weight excluding hydrogens is 276 g/mol. The lowest BCUT2D eigenvalue weighted by molar-refractivity contribution is -0.145. The van der Waals surface area contributed by atoms with Gasteiger partial charge in [0.1, 0.15) is 5.75 Å². The van der Waals surface area contributed by atoms with E-state index in [9.17, 15) is 15.0 Å². The Hall–Kier alpha value is -1.79. The highest BCUT2D eigenvalue weighted by molar-refractivity contribution is 5.77. The molecule has 0 radical (unpaired) electrons. The number of rotatable bonds is 9. The summed E-state index contributed by atoms with van der Waals surface area (Å²) < 4.78 is 10.4. The van der Waals surface area contributed by atoms with E-state index in [-0.39, 0.29) is 17.2 Å². The van der Waals surface area contributed by atoms with Crippen molar-refractivity contribution < 1.29 is 29.6 Å². The van der Waals surface area contributed by atoms with Gasteiger partial charge >= 0.3 is 5.97 Å². The third-order valence-corrected chi connectivity index (χ3v) is 2.84. The molecule has 1 aromatic rings. The van der Waals surface area contributed by atoms with Gasteiger partial charge in [-0.1, -0.05) is 26.2 Å². The minimum absolute atomic E-state index is 0.0129. The number of benzene rings is 1. The van der Waals surface area contributed by atoms with E-state index in [1.54, 1.807) is 0 Å². The topological polar surface area (TPSA) is 96.2 Å². The van der Waals surface area contributed by atoms with Gasteiger partial charge < -0.3 is 24.8 Å². The van der Waals surface area contributed by atoms with Crippen LogP contribution in [0.5, 0.6) is 17.2 Å². The number of aromatic hydroxyl groups is 1. The second-order valence-electron chi connectivity index (χ2n) is 4.66. The molecule has 1 atom stereocenters. The Bertz CT molecular complexity index is 446. The monoisotopic (exact) mass is 298 g/mol.